The maximum absolute atomic E-state index is 4.38. The fraction of sp³-hybridized carbons (Fsp3) is 0.733. The summed E-state index contributed by atoms with van der Waals surface area (Å²) in [5.74, 6) is 1.67. The summed E-state index contributed by atoms with van der Waals surface area (Å²) in [4.78, 5) is 8.19. The van der Waals surface area contributed by atoms with E-state index in [1.807, 2.05) is 10.2 Å². The number of thiazole rings is 1. The van der Waals surface area contributed by atoms with Gasteiger partial charge in [-0.2, -0.15) is 0 Å². The zero-order valence-electron chi connectivity index (χ0n) is 13.9. The molecule has 23 heavy (non-hydrogen) atoms. The van der Waals surface area contributed by atoms with Crippen LogP contribution < -0.4 is 5.32 Å². The van der Waals surface area contributed by atoms with Gasteiger partial charge in [-0.05, 0) is 49.2 Å². The molecule has 1 atom stereocenters. The Labute approximate surface area is 141 Å². The predicted molar refractivity (Wildman–Crippen MR) is 90.0 cm³/mol. The van der Waals surface area contributed by atoms with Crippen molar-refractivity contribution in [1.82, 2.24) is 35.4 Å². The van der Waals surface area contributed by atoms with Crippen molar-refractivity contribution in [3.05, 3.63) is 21.9 Å². The van der Waals surface area contributed by atoms with Gasteiger partial charge in [0.25, 0.3) is 0 Å². The number of tetrazole rings is 1. The monoisotopic (exact) mass is 335 g/mol. The summed E-state index contributed by atoms with van der Waals surface area (Å²) in [6.45, 7) is 10.1. The van der Waals surface area contributed by atoms with Crippen molar-refractivity contribution in [3.8, 4) is 0 Å². The first kappa shape index (κ1) is 16.5. The van der Waals surface area contributed by atoms with E-state index in [4.69, 9.17) is 0 Å². The molecule has 0 bridgehead atoms. The molecule has 0 unspecified atom stereocenters. The first-order chi connectivity index (χ1) is 11.3. The molecule has 3 heterocycles. The minimum Gasteiger partial charge on any atom is -0.316 e. The summed E-state index contributed by atoms with van der Waals surface area (Å²) in [7, 11) is 0. The zero-order valence-corrected chi connectivity index (χ0v) is 14.7. The van der Waals surface area contributed by atoms with Crippen molar-refractivity contribution >= 4 is 11.3 Å². The average molecular weight is 335 g/mol. The highest BCUT2D eigenvalue weighted by Crippen LogP contribution is 2.19. The van der Waals surface area contributed by atoms with Crippen LogP contribution in [0.1, 0.15) is 36.2 Å². The molecule has 0 aliphatic carbocycles. The fourth-order valence-corrected chi connectivity index (χ4v) is 3.84. The molecule has 2 aromatic rings. The van der Waals surface area contributed by atoms with Crippen LogP contribution in [0.4, 0.5) is 0 Å². The number of hydrogen-bond acceptors (Lipinski definition) is 7. The lowest BCUT2D eigenvalue weighted by Gasteiger charge is -2.24. The minimum absolute atomic E-state index is 0.707. The first-order valence-electron chi connectivity index (χ1n) is 8.33. The molecule has 0 radical (unpaired) electrons. The van der Waals surface area contributed by atoms with E-state index in [0.29, 0.717) is 5.92 Å². The number of nitrogens with zero attached hydrogens (tertiary/aromatic N) is 6. The molecule has 0 aromatic carbocycles. The van der Waals surface area contributed by atoms with Crippen LogP contribution in [-0.2, 0) is 19.6 Å². The van der Waals surface area contributed by atoms with E-state index >= 15 is 0 Å². The third kappa shape index (κ3) is 4.33. The SMILES string of the molecule is CCCn1nnnc1CN(Cc1scnc1C)C[C@H]1CCNC1. The van der Waals surface area contributed by atoms with Gasteiger partial charge in [-0.15, -0.1) is 16.4 Å². The number of hydrogen-bond donors (Lipinski definition) is 1. The molecule has 0 saturated carbocycles. The van der Waals surface area contributed by atoms with E-state index in [1.54, 1.807) is 11.3 Å². The van der Waals surface area contributed by atoms with Crippen LogP contribution in [0, 0.1) is 12.8 Å². The summed E-state index contributed by atoms with van der Waals surface area (Å²) >= 11 is 1.74. The highest BCUT2D eigenvalue weighted by molar-refractivity contribution is 7.09. The van der Waals surface area contributed by atoms with E-state index in [2.05, 4.69) is 44.6 Å². The van der Waals surface area contributed by atoms with Crippen LogP contribution in [0.2, 0.25) is 0 Å². The van der Waals surface area contributed by atoms with Crippen LogP contribution in [0.5, 0.6) is 0 Å². The summed E-state index contributed by atoms with van der Waals surface area (Å²) in [5.41, 5.74) is 3.07. The van der Waals surface area contributed by atoms with Gasteiger partial charge in [-0.3, -0.25) is 4.90 Å². The second kappa shape index (κ2) is 7.94. The lowest BCUT2D eigenvalue weighted by Crippen LogP contribution is -2.31. The summed E-state index contributed by atoms with van der Waals surface area (Å²) in [6.07, 6.45) is 2.29. The molecule has 0 spiro atoms. The molecule has 2 aromatic heterocycles. The highest BCUT2D eigenvalue weighted by Gasteiger charge is 2.21. The normalized spacial score (nSPS) is 18.1. The number of aromatic nitrogens is 5. The minimum atomic E-state index is 0.707. The Morgan fingerprint density at radius 3 is 3.04 bits per heavy atom. The molecule has 8 heteroatoms. The molecule has 126 valence electrons. The van der Waals surface area contributed by atoms with Gasteiger partial charge in [0.05, 0.1) is 17.7 Å². The number of nitrogens with one attached hydrogen (secondary N) is 1. The van der Waals surface area contributed by atoms with Crippen LogP contribution >= 0.6 is 11.3 Å². The largest absolute Gasteiger partial charge is 0.316 e. The van der Waals surface area contributed by atoms with Crippen LogP contribution in [0.25, 0.3) is 0 Å². The molecule has 1 aliphatic heterocycles. The van der Waals surface area contributed by atoms with Gasteiger partial charge in [0.15, 0.2) is 5.82 Å². The van der Waals surface area contributed by atoms with Crippen molar-refractivity contribution in [3.63, 3.8) is 0 Å². The van der Waals surface area contributed by atoms with Gasteiger partial charge in [-0.25, -0.2) is 9.67 Å². The van der Waals surface area contributed by atoms with E-state index in [-0.39, 0.29) is 0 Å². The molecule has 3 rings (SSSR count). The smallest absolute Gasteiger partial charge is 0.165 e. The van der Waals surface area contributed by atoms with E-state index < -0.39 is 0 Å². The molecule has 7 nitrogen and oxygen atoms in total. The van der Waals surface area contributed by atoms with Crippen molar-refractivity contribution in [2.45, 2.75) is 46.3 Å². The van der Waals surface area contributed by atoms with Gasteiger partial charge in [-0.1, -0.05) is 6.92 Å². The summed E-state index contributed by atoms with van der Waals surface area (Å²) in [6, 6.07) is 0. The van der Waals surface area contributed by atoms with Crippen molar-refractivity contribution in [2.75, 3.05) is 19.6 Å². The van der Waals surface area contributed by atoms with Crippen LogP contribution in [-0.4, -0.2) is 49.7 Å². The van der Waals surface area contributed by atoms with Crippen molar-refractivity contribution < 1.29 is 0 Å². The Kier molecular flexibility index (Phi) is 5.69. The van der Waals surface area contributed by atoms with Crippen LogP contribution in [0.15, 0.2) is 5.51 Å². The lowest BCUT2D eigenvalue weighted by molar-refractivity contribution is 0.212. The second-order valence-corrected chi connectivity index (χ2v) is 7.15. The van der Waals surface area contributed by atoms with Crippen molar-refractivity contribution in [2.24, 2.45) is 5.92 Å². The van der Waals surface area contributed by atoms with Gasteiger partial charge >= 0.3 is 0 Å². The molecular formula is C15H25N7S. The topological polar surface area (TPSA) is 71.8 Å². The molecule has 0 amide bonds. The quantitative estimate of drug-likeness (QED) is 0.787. The Balaban J connectivity index is 1.70. The first-order valence-corrected chi connectivity index (χ1v) is 9.21. The average Bonchev–Trinajstić information content (AvgIpc) is 3.26. The third-order valence-corrected chi connectivity index (χ3v) is 5.22. The maximum atomic E-state index is 4.38. The van der Waals surface area contributed by atoms with Crippen molar-refractivity contribution in [1.29, 1.82) is 0 Å². The fourth-order valence-electron chi connectivity index (χ4n) is 3.02. The maximum Gasteiger partial charge on any atom is 0.165 e. The van der Waals surface area contributed by atoms with E-state index in [9.17, 15) is 0 Å². The molecule has 1 aliphatic rings. The Morgan fingerprint density at radius 2 is 2.35 bits per heavy atom. The number of aryl methyl sites for hydroxylation is 2. The second-order valence-electron chi connectivity index (χ2n) is 6.21. The van der Waals surface area contributed by atoms with E-state index in [0.717, 1.165) is 57.2 Å². The Bertz CT molecular complexity index is 602. The standard InChI is InChI=1S/C15H25N7S/c1-3-6-22-15(18-19-20-22)10-21(8-13-4-5-16-7-13)9-14-12(2)17-11-23-14/h11,13,16H,3-10H2,1-2H3/t13-/m0/s1. The Hall–Kier alpha value is -1.38. The summed E-state index contributed by atoms with van der Waals surface area (Å²) in [5, 5.41) is 15.7. The third-order valence-electron chi connectivity index (χ3n) is 4.30. The lowest BCUT2D eigenvalue weighted by atomic mass is 10.1. The molecule has 1 saturated heterocycles. The van der Waals surface area contributed by atoms with Crippen LogP contribution in [0.3, 0.4) is 0 Å². The van der Waals surface area contributed by atoms with Gasteiger partial charge in [0, 0.05) is 24.5 Å². The molecule has 1 N–H and O–H groups in total. The predicted octanol–water partition coefficient (Wildman–Crippen LogP) is 1.46. The summed E-state index contributed by atoms with van der Waals surface area (Å²) < 4.78 is 1.93. The van der Waals surface area contributed by atoms with Gasteiger partial charge in [0.1, 0.15) is 0 Å². The zero-order chi connectivity index (χ0) is 16.1. The van der Waals surface area contributed by atoms with E-state index in [1.165, 1.54) is 11.3 Å². The number of rotatable bonds is 8. The highest BCUT2D eigenvalue weighted by atomic mass is 32.1. The molecule has 1 fully saturated rings. The van der Waals surface area contributed by atoms with Gasteiger partial charge < -0.3 is 5.32 Å². The Morgan fingerprint density at radius 1 is 1.43 bits per heavy atom. The van der Waals surface area contributed by atoms with Gasteiger partial charge in [0.2, 0.25) is 0 Å². The molecular weight excluding hydrogens is 310 g/mol.